The van der Waals surface area contributed by atoms with Crippen molar-refractivity contribution < 1.29 is 28.5 Å². The highest BCUT2D eigenvalue weighted by atomic mass is 16.6. The van der Waals surface area contributed by atoms with E-state index in [2.05, 4.69) is 27.7 Å². The summed E-state index contributed by atoms with van der Waals surface area (Å²) in [7, 11) is 0. The maximum atomic E-state index is 12.8. The lowest BCUT2D eigenvalue weighted by molar-refractivity contribution is -0.164. The summed E-state index contributed by atoms with van der Waals surface area (Å²) in [6, 6.07) is 0. The van der Waals surface area contributed by atoms with Crippen LogP contribution in [0.3, 0.4) is 0 Å². The molecule has 0 bridgehead atoms. The lowest BCUT2D eigenvalue weighted by Crippen LogP contribution is -2.36. The van der Waals surface area contributed by atoms with Gasteiger partial charge in [-0.1, -0.05) is 26.7 Å². The first-order valence-corrected chi connectivity index (χ1v) is 12.1. The molecule has 3 fully saturated rings. The van der Waals surface area contributed by atoms with Crippen LogP contribution in [-0.4, -0.2) is 49.6 Å². The molecule has 0 radical (unpaired) electrons. The molecule has 2 heterocycles. The molecular weight excluding hydrogens is 384 g/mol. The predicted molar refractivity (Wildman–Crippen MR) is 113 cm³/mol. The summed E-state index contributed by atoms with van der Waals surface area (Å²) in [6.45, 7) is 9.20. The van der Waals surface area contributed by atoms with Gasteiger partial charge in [-0.15, -0.1) is 0 Å². The molecule has 2 saturated heterocycles. The second kappa shape index (κ2) is 10.9. The van der Waals surface area contributed by atoms with Gasteiger partial charge in [-0.05, 0) is 64.2 Å². The van der Waals surface area contributed by atoms with Gasteiger partial charge in [0.25, 0.3) is 0 Å². The Kier molecular flexibility index (Phi) is 8.58. The zero-order valence-electron chi connectivity index (χ0n) is 19.1. The van der Waals surface area contributed by atoms with Crippen molar-refractivity contribution in [2.24, 2.45) is 23.7 Å². The van der Waals surface area contributed by atoms with Gasteiger partial charge in [-0.2, -0.15) is 0 Å². The van der Waals surface area contributed by atoms with Gasteiger partial charge in [0.05, 0.1) is 49.5 Å². The van der Waals surface area contributed by atoms with E-state index in [0.717, 1.165) is 38.5 Å². The van der Waals surface area contributed by atoms with Crippen LogP contribution >= 0.6 is 0 Å². The van der Waals surface area contributed by atoms with Crippen LogP contribution in [0.4, 0.5) is 0 Å². The standard InChI is InChI=1S/C24H40O6/c1-5-17(11-21-15(3)29-21)13-27-23(25)19-9-7-8-10-20(19)24(26)28-14-18(6-2)12-22-16(4)30-22/h15-22H,5-14H2,1-4H3. The van der Waals surface area contributed by atoms with E-state index in [4.69, 9.17) is 18.9 Å². The Bertz CT molecular complexity index is 528. The first kappa shape index (κ1) is 23.5. The van der Waals surface area contributed by atoms with Gasteiger partial charge in [-0.25, -0.2) is 0 Å². The minimum atomic E-state index is -0.369. The van der Waals surface area contributed by atoms with Crippen molar-refractivity contribution in [3.8, 4) is 0 Å². The van der Waals surface area contributed by atoms with E-state index in [1.54, 1.807) is 0 Å². The van der Waals surface area contributed by atoms with E-state index in [0.29, 0.717) is 62.3 Å². The Labute approximate surface area is 181 Å². The lowest BCUT2D eigenvalue weighted by atomic mass is 9.79. The number of hydrogen-bond acceptors (Lipinski definition) is 6. The third-order valence-corrected chi connectivity index (χ3v) is 7.25. The maximum absolute atomic E-state index is 12.8. The van der Waals surface area contributed by atoms with Gasteiger partial charge in [0.2, 0.25) is 0 Å². The smallest absolute Gasteiger partial charge is 0.309 e. The molecule has 6 heteroatoms. The van der Waals surface area contributed by atoms with E-state index < -0.39 is 0 Å². The number of carbonyl (C=O) groups excluding carboxylic acids is 2. The number of rotatable bonds is 12. The van der Waals surface area contributed by atoms with Crippen molar-refractivity contribution in [2.45, 2.75) is 103 Å². The van der Waals surface area contributed by atoms with Gasteiger partial charge in [-0.3, -0.25) is 9.59 Å². The summed E-state index contributed by atoms with van der Waals surface area (Å²) in [5.74, 6) is -0.567. The van der Waals surface area contributed by atoms with Gasteiger partial charge in [0.15, 0.2) is 0 Å². The fourth-order valence-electron chi connectivity index (χ4n) is 4.63. The fraction of sp³-hybridized carbons (Fsp3) is 0.917. The van der Waals surface area contributed by atoms with Crippen molar-refractivity contribution in [1.29, 1.82) is 0 Å². The Balaban J connectivity index is 1.45. The third-order valence-electron chi connectivity index (χ3n) is 7.25. The van der Waals surface area contributed by atoms with Crippen molar-refractivity contribution in [1.82, 2.24) is 0 Å². The largest absolute Gasteiger partial charge is 0.465 e. The van der Waals surface area contributed by atoms with Gasteiger partial charge in [0.1, 0.15) is 0 Å². The van der Waals surface area contributed by atoms with Crippen LogP contribution in [0.25, 0.3) is 0 Å². The number of epoxide rings is 2. The summed E-state index contributed by atoms with van der Waals surface area (Å²) in [4.78, 5) is 25.6. The van der Waals surface area contributed by atoms with Crippen LogP contribution in [0, 0.1) is 23.7 Å². The van der Waals surface area contributed by atoms with Crippen LogP contribution in [0.15, 0.2) is 0 Å². The van der Waals surface area contributed by atoms with E-state index in [1.165, 1.54) is 0 Å². The molecule has 30 heavy (non-hydrogen) atoms. The highest BCUT2D eigenvalue weighted by Gasteiger charge is 2.40. The van der Waals surface area contributed by atoms with Gasteiger partial charge < -0.3 is 18.9 Å². The van der Waals surface area contributed by atoms with E-state index >= 15 is 0 Å². The molecule has 3 rings (SSSR count). The Morgan fingerprint density at radius 2 is 1.17 bits per heavy atom. The van der Waals surface area contributed by atoms with E-state index in [9.17, 15) is 9.59 Å². The Hall–Kier alpha value is -1.14. The molecule has 0 aromatic rings. The number of esters is 2. The topological polar surface area (TPSA) is 77.7 Å². The molecule has 3 aliphatic rings. The van der Waals surface area contributed by atoms with Gasteiger partial charge in [0, 0.05) is 0 Å². The predicted octanol–water partition coefficient (Wildman–Crippen LogP) is 4.29. The summed E-state index contributed by atoms with van der Waals surface area (Å²) < 4.78 is 22.4. The SMILES string of the molecule is CCC(COC(=O)C1CCCCC1C(=O)OCC(CC)CC1OC1C)CC1OC1C. The molecule has 1 aliphatic carbocycles. The quantitative estimate of drug-likeness (QED) is 0.344. The van der Waals surface area contributed by atoms with Crippen molar-refractivity contribution in [3.05, 3.63) is 0 Å². The molecule has 8 atom stereocenters. The van der Waals surface area contributed by atoms with Crippen LogP contribution in [-0.2, 0) is 28.5 Å². The molecule has 172 valence electrons. The first-order chi connectivity index (χ1) is 14.4. The fourth-order valence-corrected chi connectivity index (χ4v) is 4.63. The highest BCUT2D eigenvalue weighted by molar-refractivity contribution is 5.82. The third kappa shape index (κ3) is 6.68. The molecule has 0 aromatic heterocycles. The molecule has 0 amide bonds. The number of hydrogen-bond donors (Lipinski definition) is 0. The summed E-state index contributed by atoms with van der Waals surface area (Å²) >= 11 is 0. The van der Waals surface area contributed by atoms with E-state index in [-0.39, 0.29) is 23.8 Å². The van der Waals surface area contributed by atoms with Crippen LogP contribution in [0.5, 0.6) is 0 Å². The maximum Gasteiger partial charge on any atom is 0.309 e. The molecule has 2 aliphatic heterocycles. The van der Waals surface area contributed by atoms with E-state index in [1.807, 2.05) is 0 Å². The first-order valence-electron chi connectivity index (χ1n) is 12.1. The van der Waals surface area contributed by atoms with Gasteiger partial charge >= 0.3 is 11.9 Å². The summed E-state index contributed by atoms with van der Waals surface area (Å²) in [6.07, 6.45) is 8.39. The molecule has 0 spiro atoms. The van der Waals surface area contributed by atoms with Crippen molar-refractivity contribution in [3.63, 3.8) is 0 Å². The monoisotopic (exact) mass is 424 g/mol. The average molecular weight is 425 g/mol. The molecule has 8 unspecified atom stereocenters. The molecule has 6 nitrogen and oxygen atoms in total. The zero-order valence-corrected chi connectivity index (χ0v) is 19.1. The molecule has 1 saturated carbocycles. The second-order valence-corrected chi connectivity index (χ2v) is 9.54. The number of carbonyl (C=O) groups is 2. The highest BCUT2D eigenvalue weighted by Crippen LogP contribution is 2.34. The Morgan fingerprint density at radius 1 is 0.800 bits per heavy atom. The van der Waals surface area contributed by atoms with Crippen molar-refractivity contribution >= 4 is 11.9 Å². The summed E-state index contributed by atoms with van der Waals surface area (Å²) in [5, 5.41) is 0. The Morgan fingerprint density at radius 3 is 1.47 bits per heavy atom. The second-order valence-electron chi connectivity index (χ2n) is 9.54. The van der Waals surface area contributed by atoms with Crippen LogP contribution in [0.2, 0.25) is 0 Å². The lowest BCUT2D eigenvalue weighted by Gasteiger charge is -2.29. The molecule has 0 N–H and O–H groups in total. The number of ether oxygens (including phenoxy) is 4. The minimum absolute atomic E-state index is 0.230. The average Bonchev–Trinajstić information content (AvgIpc) is 3.65. The zero-order chi connectivity index (χ0) is 21.7. The van der Waals surface area contributed by atoms with Crippen LogP contribution < -0.4 is 0 Å². The molecular formula is C24H40O6. The molecule has 0 aromatic carbocycles. The normalized spacial score (nSPS) is 34.7. The summed E-state index contributed by atoms with van der Waals surface area (Å²) in [5.41, 5.74) is 0. The van der Waals surface area contributed by atoms with Crippen LogP contribution in [0.1, 0.15) is 79.1 Å². The minimum Gasteiger partial charge on any atom is -0.465 e. The van der Waals surface area contributed by atoms with Crippen molar-refractivity contribution in [2.75, 3.05) is 13.2 Å².